The van der Waals surface area contributed by atoms with Crippen LogP contribution in [0.15, 0.2) is 29.1 Å². The Bertz CT molecular complexity index is 893. The summed E-state index contributed by atoms with van der Waals surface area (Å²) in [4.78, 5) is 30.6. The van der Waals surface area contributed by atoms with Gasteiger partial charge in [0.2, 0.25) is 5.91 Å². The van der Waals surface area contributed by atoms with Gasteiger partial charge >= 0.3 is 0 Å². The van der Waals surface area contributed by atoms with E-state index in [1.165, 1.54) is 0 Å². The highest BCUT2D eigenvalue weighted by Crippen LogP contribution is 2.47. The third kappa shape index (κ3) is 3.91. The maximum absolute atomic E-state index is 12.6. The molecule has 4 rings (SSSR count). The fourth-order valence-electron chi connectivity index (χ4n) is 4.19. The van der Waals surface area contributed by atoms with Crippen molar-refractivity contribution in [3.8, 4) is 0 Å². The number of likely N-dealkylation sites (tertiary alicyclic amines) is 1. The lowest BCUT2D eigenvalue weighted by molar-refractivity contribution is -0.137. The summed E-state index contributed by atoms with van der Waals surface area (Å²) in [5.41, 5.74) is 2.94. The predicted octanol–water partition coefficient (Wildman–Crippen LogP) is 4.23. The topological polar surface area (TPSA) is 53.2 Å². The van der Waals surface area contributed by atoms with Gasteiger partial charge in [0.25, 0.3) is 0 Å². The van der Waals surface area contributed by atoms with Crippen molar-refractivity contribution in [3.05, 3.63) is 45.7 Å². The van der Waals surface area contributed by atoms with Gasteiger partial charge in [-0.3, -0.25) is 9.59 Å². The molecule has 1 amide bonds. The lowest BCUT2D eigenvalue weighted by Gasteiger charge is -2.33. The van der Waals surface area contributed by atoms with Crippen molar-refractivity contribution in [2.45, 2.75) is 52.4 Å². The number of H-pyrrole nitrogens is 1. The van der Waals surface area contributed by atoms with Crippen molar-refractivity contribution in [2.75, 3.05) is 13.1 Å². The number of para-hydroxylation sites is 1. The first-order chi connectivity index (χ1) is 12.5. The van der Waals surface area contributed by atoms with Gasteiger partial charge in [0.1, 0.15) is 0 Å². The number of hydrogen-bond donors (Lipinski definition) is 1. The number of rotatable bonds is 4. The van der Waals surface area contributed by atoms with Crippen LogP contribution in [0, 0.1) is 18.3 Å². The van der Waals surface area contributed by atoms with Gasteiger partial charge in [0.05, 0.1) is 0 Å². The van der Waals surface area contributed by atoms with E-state index in [-0.39, 0.29) is 23.3 Å². The quantitative estimate of drug-likeness (QED) is 0.852. The summed E-state index contributed by atoms with van der Waals surface area (Å²) < 4.78 is 0. The van der Waals surface area contributed by atoms with Gasteiger partial charge in [-0.1, -0.05) is 19.1 Å². The molecule has 2 aromatic rings. The fourth-order valence-corrected chi connectivity index (χ4v) is 4.19. The van der Waals surface area contributed by atoms with Crippen LogP contribution in [0.4, 0.5) is 0 Å². The second-order valence-electron chi connectivity index (χ2n) is 8.44. The number of fused-ring (bicyclic) bond motifs is 1. The number of aryl methyl sites for hydroxylation is 1. The third-order valence-electron chi connectivity index (χ3n) is 6.47. The van der Waals surface area contributed by atoms with Crippen LogP contribution >= 0.6 is 12.4 Å². The summed E-state index contributed by atoms with van der Waals surface area (Å²) >= 11 is 0. The molecule has 2 heterocycles. The molecule has 0 atom stereocenters. The number of piperidine rings is 1. The van der Waals surface area contributed by atoms with E-state index in [0.29, 0.717) is 11.8 Å². The molecule has 0 spiro atoms. The summed E-state index contributed by atoms with van der Waals surface area (Å²) in [6, 6.07) is 7.73. The first-order valence-electron chi connectivity index (χ1n) is 9.88. The van der Waals surface area contributed by atoms with Crippen LogP contribution < -0.4 is 5.43 Å². The average Bonchev–Trinajstić information content (AvgIpc) is 3.42. The van der Waals surface area contributed by atoms with Crippen LogP contribution in [-0.2, 0) is 11.2 Å². The van der Waals surface area contributed by atoms with E-state index in [4.69, 9.17) is 0 Å². The standard InChI is InChI=1S/C22H28N2O2.ClH/c1-15-18(23-19-6-4-3-5-17(19)20(15)25)8-7-16-9-13-24(14-10-16)21(26)22(2)11-12-22;/h3-6,16H,7-14H2,1-2H3,(H,23,25);1H. The first-order valence-corrected chi connectivity index (χ1v) is 9.88. The van der Waals surface area contributed by atoms with Gasteiger partial charge in [-0.05, 0) is 63.5 Å². The number of carbonyl (C=O) groups is 1. The molecule has 5 heteroatoms. The normalized spacial score (nSPS) is 19.0. The maximum Gasteiger partial charge on any atom is 0.228 e. The van der Waals surface area contributed by atoms with Crippen molar-refractivity contribution >= 4 is 29.2 Å². The highest BCUT2D eigenvalue weighted by atomic mass is 35.5. The summed E-state index contributed by atoms with van der Waals surface area (Å²) in [6.07, 6.45) is 6.26. The van der Waals surface area contributed by atoms with Crippen LogP contribution in [0.3, 0.4) is 0 Å². The third-order valence-corrected chi connectivity index (χ3v) is 6.47. The van der Waals surface area contributed by atoms with Gasteiger partial charge in [0.15, 0.2) is 5.43 Å². The molecule has 146 valence electrons. The molecule has 2 aliphatic rings. The minimum Gasteiger partial charge on any atom is -0.358 e. The minimum atomic E-state index is -0.0471. The monoisotopic (exact) mass is 388 g/mol. The second-order valence-corrected chi connectivity index (χ2v) is 8.44. The number of benzene rings is 1. The van der Waals surface area contributed by atoms with Crippen molar-refractivity contribution in [1.82, 2.24) is 9.88 Å². The lowest BCUT2D eigenvalue weighted by Crippen LogP contribution is -2.42. The van der Waals surface area contributed by atoms with Gasteiger partial charge in [-0.25, -0.2) is 0 Å². The number of hydrogen-bond acceptors (Lipinski definition) is 2. The van der Waals surface area contributed by atoms with Gasteiger partial charge in [-0.2, -0.15) is 0 Å². The minimum absolute atomic E-state index is 0. The number of pyridine rings is 1. The van der Waals surface area contributed by atoms with E-state index in [9.17, 15) is 9.59 Å². The molecule has 1 saturated heterocycles. The van der Waals surface area contributed by atoms with E-state index in [0.717, 1.165) is 73.8 Å². The fraction of sp³-hybridized carbons (Fsp3) is 0.545. The number of halogens is 1. The Morgan fingerprint density at radius 1 is 1.22 bits per heavy atom. The zero-order valence-corrected chi connectivity index (χ0v) is 17.0. The molecule has 4 nitrogen and oxygen atoms in total. The van der Waals surface area contributed by atoms with Gasteiger partial charge in [-0.15, -0.1) is 12.4 Å². The lowest BCUT2D eigenvalue weighted by atomic mass is 9.90. The second kappa shape index (κ2) is 7.67. The zero-order valence-electron chi connectivity index (χ0n) is 16.2. The SMILES string of the molecule is Cc1c(CCC2CCN(C(=O)C3(C)CC3)CC2)[nH]c2ccccc2c1=O.Cl. The Balaban J connectivity index is 0.00000210. The molecule has 1 aromatic heterocycles. The summed E-state index contributed by atoms with van der Waals surface area (Å²) in [5.74, 6) is 1.01. The van der Waals surface area contributed by atoms with E-state index in [1.54, 1.807) is 0 Å². The van der Waals surface area contributed by atoms with Crippen LogP contribution in [0.5, 0.6) is 0 Å². The van der Waals surface area contributed by atoms with Crippen LogP contribution in [-0.4, -0.2) is 28.9 Å². The smallest absolute Gasteiger partial charge is 0.228 e. The molecular weight excluding hydrogens is 360 g/mol. The number of nitrogens with zero attached hydrogens (tertiary/aromatic N) is 1. The number of amides is 1. The summed E-state index contributed by atoms with van der Waals surface area (Å²) in [5, 5.41) is 0.772. The zero-order chi connectivity index (χ0) is 18.3. The average molecular weight is 389 g/mol. The van der Waals surface area contributed by atoms with Crippen LogP contribution in [0.2, 0.25) is 0 Å². The molecule has 0 unspecified atom stereocenters. The number of nitrogens with one attached hydrogen (secondary N) is 1. The van der Waals surface area contributed by atoms with Crippen LogP contribution in [0.25, 0.3) is 10.9 Å². The molecule has 1 aliphatic heterocycles. The number of aromatic nitrogens is 1. The molecule has 27 heavy (non-hydrogen) atoms. The van der Waals surface area contributed by atoms with Crippen molar-refractivity contribution in [1.29, 1.82) is 0 Å². The van der Waals surface area contributed by atoms with Gasteiger partial charge < -0.3 is 9.88 Å². The molecule has 1 saturated carbocycles. The highest BCUT2D eigenvalue weighted by Gasteiger charge is 2.47. The Labute approximate surface area is 166 Å². The van der Waals surface area contributed by atoms with E-state index in [2.05, 4.69) is 16.8 Å². The van der Waals surface area contributed by atoms with E-state index >= 15 is 0 Å². The van der Waals surface area contributed by atoms with E-state index < -0.39 is 0 Å². The molecule has 0 radical (unpaired) electrons. The van der Waals surface area contributed by atoms with Crippen molar-refractivity contribution < 1.29 is 4.79 Å². The van der Waals surface area contributed by atoms with Gasteiger partial charge in [0, 0.05) is 40.7 Å². The summed E-state index contributed by atoms with van der Waals surface area (Å²) in [6.45, 7) is 5.82. The molecule has 1 aliphatic carbocycles. The summed E-state index contributed by atoms with van der Waals surface area (Å²) in [7, 11) is 0. The Morgan fingerprint density at radius 2 is 1.89 bits per heavy atom. The molecular formula is C22H29ClN2O2. The number of carbonyl (C=O) groups excluding carboxylic acids is 1. The van der Waals surface area contributed by atoms with Crippen molar-refractivity contribution in [3.63, 3.8) is 0 Å². The molecule has 0 bridgehead atoms. The molecule has 1 N–H and O–H groups in total. The molecule has 2 fully saturated rings. The molecule has 1 aromatic carbocycles. The Hall–Kier alpha value is -1.81. The Morgan fingerprint density at radius 3 is 2.56 bits per heavy atom. The first kappa shape index (κ1) is 19.9. The number of aromatic amines is 1. The maximum atomic E-state index is 12.6. The highest BCUT2D eigenvalue weighted by molar-refractivity contribution is 5.85. The largest absolute Gasteiger partial charge is 0.358 e. The van der Waals surface area contributed by atoms with Crippen LogP contribution in [0.1, 0.15) is 50.3 Å². The Kier molecular flexibility index (Phi) is 5.66. The van der Waals surface area contributed by atoms with Crippen molar-refractivity contribution in [2.24, 2.45) is 11.3 Å². The predicted molar refractivity (Wildman–Crippen MR) is 112 cm³/mol. The van der Waals surface area contributed by atoms with E-state index in [1.807, 2.05) is 31.2 Å².